The van der Waals surface area contributed by atoms with Crippen LogP contribution in [0, 0.1) is 27.7 Å². The summed E-state index contributed by atoms with van der Waals surface area (Å²) in [6.45, 7) is 7.57. The Morgan fingerprint density at radius 2 is 1.22 bits per heavy atom. The van der Waals surface area contributed by atoms with Crippen molar-refractivity contribution in [2.45, 2.75) is 40.5 Å². The van der Waals surface area contributed by atoms with Crippen LogP contribution in [-0.2, 0) is 19.1 Å². The molecule has 0 atom stereocenters. The number of ether oxygens (including phenoxy) is 2. The zero-order valence-electron chi connectivity index (χ0n) is 21.7. The van der Waals surface area contributed by atoms with Gasteiger partial charge in [-0.05, 0) is 49.9 Å². The van der Waals surface area contributed by atoms with Gasteiger partial charge in [-0.2, -0.15) is 0 Å². The summed E-state index contributed by atoms with van der Waals surface area (Å²) in [6.07, 6.45) is -0.0186. The second-order valence-electron chi connectivity index (χ2n) is 9.00. The third-order valence-corrected chi connectivity index (χ3v) is 6.58. The van der Waals surface area contributed by atoms with Gasteiger partial charge in [-0.3, -0.25) is 14.2 Å². The highest BCUT2D eigenvalue weighted by atomic mass is 16.5. The number of benzene rings is 2. The number of rotatable bonds is 6. The molecular weight excluding hydrogens is 474 g/mol. The fourth-order valence-corrected chi connectivity index (χ4v) is 4.81. The minimum atomic E-state index is -0.877. The number of aromatic nitrogens is 1. The maximum atomic E-state index is 13.3. The Balaban J connectivity index is 2.24. The van der Waals surface area contributed by atoms with Gasteiger partial charge in [0.05, 0.1) is 19.9 Å². The second-order valence-corrected chi connectivity index (χ2v) is 9.00. The van der Waals surface area contributed by atoms with Crippen LogP contribution in [0.5, 0.6) is 0 Å². The molecule has 192 valence electrons. The van der Waals surface area contributed by atoms with E-state index >= 15 is 0 Å². The Hall–Kier alpha value is -4.40. The topological polar surface area (TPSA) is 107 Å². The Bertz CT molecular complexity index is 1400. The van der Waals surface area contributed by atoms with Crippen molar-refractivity contribution in [3.8, 4) is 5.69 Å². The van der Waals surface area contributed by atoms with E-state index < -0.39 is 23.8 Å². The zero-order valence-corrected chi connectivity index (χ0v) is 21.7. The Labute approximate surface area is 215 Å². The fourth-order valence-electron chi connectivity index (χ4n) is 4.81. The van der Waals surface area contributed by atoms with Gasteiger partial charge in [0.25, 0.3) is 0 Å². The summed E-state index contributed by atoms with van der Waals surface area (Å²) in [7, 11) is 2.38. The van der Waals surface area contributed by atoms with Crippen molar-refractivity contribution in [3.63, 3.8) is 0 Å². The predicted octanol–water partition coefficient (Wildman–Crippen LogP) is 4.68. The number of methoxy groups -OCH3 is 2. The number of imide groups is 1. The van der Waals surface area contributed by atoms with E-state index in [0.29, 0.717) is 11.4 Å². The molecule has 1 aromatic heterocycles. The quantitative estimate of drug-likeness (QED) is 0.384. The maximum absolute atomic E-state index is 13.3. The zero-order chi connectivity index (χ0) is 27.0. The highest BCUT2D eigenvalue weighted by molar-refractivity contribution is 6.24. The number of amides is 2. The smallest absolute Gasteiger partial charge is 0.342 e. The molecule has 2 aromatic carbocycles. The van der Waals surface area contributed by atoms with E-state index in [0.717, 1.165) is 27.2 Å². The van der Waals surface area contributed by atoms with Crippen LogP contribution >= 0.6 is 0 Å². The van der Waals surface area contributed by atoms with Crippen LogP contribution in [0.25, 0.3) is 5.69 Å². The van der Waals surface area contributed by atoms with Gasteiger partial charge in [0.15, 0.2) is 0 Å². The molecule has 1 fully saturated rings. The molecule has 1 aliphatic rings. The molecule has 0 radical (unpaired) electrons. The highest BCUT2D eigenvalue weighted by Crippen LogP contribution is 2.43. The van der Waals surface area contributed by atoms with Crippen molar-refractivity contribution >= 4 is 41.1 Å². The highest BCUT2D eigenvalue weighted by Gasteiger charge is 2.42. The summed E-state index contributed by atoms with van der Waals surface area (Å²) in [6, 6.07) is 11.4. The molecule has 37 heavy (non-hydrogen) atoms. The molecule has 9 heteroatoms. The number of carbonyl (C=O) groups is 4. The molecule has 0 bridgehead atoms. The summed E-state index contributed by atoms with van der Waals surface area (Å²) >= 11 is 0. The first-order valence-electron chi connectivity index (χ1n) is 11.8. The summed E-state index contributed by atoms with van der Waals surface area (Å²) in [5.41, 5.74) is 4.33. The largest absolute Gasteiger partial charge is 0.465 e. The first-order chi connectivity index (χ1) is 17.6. The van der Waals surface area contributed by atoms with Crippen LogP contribution in [0.4, 0.5) is 17.3 Å². The summed E-state index contributed by atoms with van der Waals surface area (Å²) in [5.74, 6) is -2.52. The molecular formula is C28H29N3O6. The lowest BCUT2D eigenvalue weighted by Gasteiger charge is -2.23. The van der Waals surface area contributed by atoms with Crippen LogP contribution in [0.1, 0.15) is 55.8 Å². The Morgan fingerprint density at radius 3 is 1.70 bits per heavy atom. The predicted molar refractivity (Wildman–Crippen MR) is 139 cm³/mol. The normalized spacial score (nSPS) is 13.2. The number of esters is 2. The molecule has 0 saturated carbocycles. The number of anilines is 3. The lowest BCUT2D eigenvalue weighted by molar-refractivity contribution is -0.121. The maximum Gasteiger partial charge on any atom is 0.342 e. The number of hydrogen-bond donors (Lipinski definition) is 1. The van der Waals surface area contributed by atoms with Crippen LogP contribution in [0.2, 0.25) is 0 Å². The standard InChI is InChI=1S/C28H29N3O6/c1-15-9-7-10-16(2)23(15)29-25-21(27(34)36-5)22(28(35)37-6)26(30-19(32)13-14-20(30)33)31(25)24-17(3)11-8-12-18(24)4/h7-12,29H,13-14H2,1-6H3. The van der Waals surface area contributed by atoms with Gasteiger partial charge < -0.3 is 14.8 Å². The van der Waals surface area contributed by atoms with Gasteiger partial charge in [0, 0.05) is 18.5 Å². The van der Waals surface area contributed by atoms with E-state index in [1.165, 1.54) is 14.2 Å². The average Bonchev–Trinajstić information content (AvgIpc) is 3.36. The molecule has 2 heterocycles. The number of hydrogen-bond acceptors (Lipinski definition) is 7. The van der Waals surface area contributed by atoms with Gasteiger partial charge in [-0.1, -0.05) is 36.4 Å². The number of carbonyl (C=O) groups excluding carboxylic acids is 4. The molecule has 3 aromatic rings. The van der Waals surface area contributed by atoms with Crippen LogP contribution in [0.15, 0.2) is 36.4 Å². The molecule has 4 rings (SSSR count). The van der Waals surface area contributed by atoms with E-state index in [-0.39, 0.29) is 35.6 Å². The number of aryl methyl sites for hydroxylation is 4. The van der Waals surface area contributed by atoms with Crippen molar-refractivity contribution in [2.75, 3.05) is 24.4 Å². The van der Waals surface area contributed by atoms with E-state index in [9.17, 15) is 19.2 Å². The molecule has 1 N–H and O–H groups in total. The summed E-state index contributed by atoms with van der Waals surface area (Å²) in [5, 5.41) is 3.34. The minimum Gasteiger partial charge on any atom is -0.465 e. The van der Waals surface area contributed by atoms with Crippen LogP contribution < -0.4 is 10.2 Å². The molecule has 0 aliphatic carbocycles. The SMILES string of the molecule is COC(=O)c1c(C(=O)OC)c(N2C(=O)CCC2=O)n(-c2c(C)cccc2C)c1Nc1c(C)cccc1C. The molecule has 0 unspecified atom stereocenters. The van der Waals surface area contributed by atoms with Crippen molar-refractivity contribution in [2.24, 2.45) is 0 Å². The van der Waals surface area contributed by atoms with Crippen molar-refractivity contribution < 1.29 is 28.7 Å². The van der Waals surface area contributed by atoms with Crippen molar-refractivity contribution in [1.29, 1.82) is 0 Å². The van der Waals surface area contributed by atoms with E-state index in [2.05, 4.69) is 5.32 Å². The lowest BCUT2D eigenvalue weighted by atomic mass is 10.1. The van der Waals surface area contributed by atoms with Crippen molar-refractivity contribution in [3.05, 3.63) is 69.8 Å². The monoisotopic (exact) mass is 503 g/mol. The van der Waals surface area contributed by atoms with Gasteiger partial charge in [-0.25, -0.2) is 14.5 Å². The Kier molecular flexibility index (Phi) is 6.89. The molecule has 1 aliphatic heterocycles. The number of nitrogens with one attached hydrogen (secondary N) is 1. The average molecular weight is 504 g/mol. The third-order valence-electron chi connectivity index (χ3n) is 6.58. The first-order valence-corrected chi connectivity index (χ1v) is 11.8. The van der Waals surface area contributed by atoms with Gasteiger partial charge in [0.1, 0.15) is 22.8 Å². The molecule has 0 spiro atoms. The van der Waals surface area contributed by atoms with E-state index in [4.69, 9.17) is 9.47 Å². The number of para-hydroxylation sites is 2. The summed E-state index contributed by atoms with van der Waals surface area (Å²) in [4.78, 5) is 53.6. The van der Waals surface area contributed by atoms with Crippen molar-refractivity contribution in [1.82, 2.24) is 4.57 Å². The van der Waals surface area contributed by atoms with Crippen LogP contribution in [0.3, 0.4) is 0 Å². The van der Waals surface area contributed by atoms with E-state index in [1.807, 2.05) is 64.1 Å². The molecule has 9 nitrogen and oxygen atoms in total. The minimum absolute atomic E-state index is 0.00932. The van der Waals surface area contributed by atoms with Gasteiger partial charge in [0.2, 0.25) is 11.8 Å². The lowest BCUT2D eigenvalue weighted by Crippen LogP contribution is -2.32. The van der Waals surface area contributed by atoms with E-state index in [1.54, 1.807) is 4.57 Å². The fraction of sp³-hybridized carbons (Fsp3) is 0.286. The Morgan fingerprint density at radius 1 is 0.757 bits per heavy atom. The third kappa shape index (κ3) is 4.26. The van der Waals surface area contributed by atoms with Crippen LogP contribution in [-0.4, -0.2) is 42.5 Å². The summed E-state index contributed by atoms with van der Waals surface area (Å²) < 4.78 is 11.8. The first kappa shape index (κ1) is 25.7. The van der Waals surface area contributed by atoms with Gasteiger partial charge >= 0.3 is 11.9 Å². The van der Waals surface area contributed by atoms with Gasteiger partial charge in [-0.15, -0.1) is 0 Å². The molecule has 2 amide bonds. The molecule has 1 saturated heterocycles. The number of nitrogens with zero attached hydrogens (tertiary/aromatic N) is 2. The second kappa shape index (κ2) is 9.93.